The average molecular weight is 257 g/mol. The summed E-state index contributed by atoms with van der Waals surface area (Å²) in [6.07, 6.45) is 4.50. The van der Waals surface area contributed by atoms with E-state index in [4.69, 9.17) is 0 Å². The maximum absolute atomic E-state index is 9.39. The molecule has 0 aliphatic carbocycles. The van der Waals surface area contributed by atoms with Crippen LogP contribution in [0.5, 0.6) is 0 Å². The first-order chi connectivity index (χ1) is 6.36. The Morgan fingerprint density at radius 1 is 0.933 bits per heavy atom. The fourth-order valence-electron chi connectivity index (χ4n) is 2.42. The number of aliphatic hydroxyl groups is 1. The van der Waals surface area contributed by atoms with Crippen LogP contribution in [0, 0.1) is 0 Å². The summed E-state index contributed by atoms with van der Waals surface area (Å²) in [5, 5.41) is 12.8. The summed E-state index contributed by atoms with van der Waals surface area (Å²) in [5.74, 6) is 0. The van der Waals surface area contributed by atoms with Crippen LogP contribution in [0.25, 0.3) is 0 Å². The first-order valence-corrected chi connectivity index (χ1v) is 5.49. The second-order valence-electron chi connectivity index (χ2n) is 4.25. The smallest absolute Gasteiger partial charge is 0.0564 e. The molecule has 2 saturated heterocycles. The van der Waals surface area contributed by atoms with Crippen LogP contribution in [0.4, 0.5) is 0 Å². The van der Waals surface area contributed by atoms with Gasteiger partial charge in [0.05, 0.1) is 6.10 Å². The summed E-state index contributed by atoms with van der Waals surface area (Å²) in [6.45, 7) is 4.55. The van der Waals surface area contributed by atoms with Crippen molar-refractivity contribution in [2.24, 2.45) is 0 Å². The summed E-state index contributed by atoms with van der Waals surface area (Å²) in [6, 6.07) is 0.786. The number of nitrogens with one attached hydrogen (secondary N) is 1. The van der Waals surface area contributed by atoms with Gasteiger partial charge in [0, 0.05) is 19.1 Å². The average Bonchev–Trinajstić information content (AvgIpc) is 2.20. The number of hydrogen-bond donors (Lipinski definition) is 2. The minimum Gasteiger partial charge on any atom is -0.393 e. The normalized spacial score (nSPS) is 25.4. The molecule has 2 rings (SSSR count). The highest BCUT2D eigenvalue weighted by Crippen LogP contribution is 2.18. The molecule has 0 spiro atoms. The number of piperidine rings is 2. The molecule has 0 amide bonds. The molecule has 2 heterocycles. The Kier molecular flexibility index (Phi) is 7.92. The molecule has 0 radical (unpaired) electrons. The van der Waals surface area contributed by atoms with Crippen molar-refractivity contribution in [2.75, 3.05) is 26.2 Å². The van der Waals surface area contributed by atoms with Crippen LogP contribution < -0.4 is 5.32 Å². The first-order valence-electron chi connectivity index (χ1n) is 5.49. The molecule has 2 aliphatic heterocycles. The number of likely N-dealkylation sites (tertiary alicyclic amines) is 1. The summed E-state index contributed by atoms with van der Waals surface area (Å²) >= 11 is 0. The van der Waals surface area contributed by atoms with Gasteiger partial charge in [0.2, 0.25) is 0 Å². The van der Waals surface area contributed by atoms with Gasteiger partial charge in [0.15, 0.2) is 0 Å². The van der Waals surface area contributed by atoms with Gasteiger partial charge in [0.1, 0.15) is 0 Å². The molecule has 5 heteroatoms. The maximum Gasteiger partial charge on any atom is 0.0564 e. The van der Waals surface area contributed by atoms with E-state index in [2.05, 4.69) is 10.2 Å². The van der Waals surface area contributed by atoms with Gasteiger partial charge >= 0.3 is 0 Å². The van der Waals surface area contributed by atoms with Crippen molar-refractivity contribution >= 4 is 24.8 Å². The number of halogens is 2. The third-order valence-corrected chi connectivity index (χ3v) is 3.32. The second kappa shape index (κ2) is 7.69. The number of rotatable bonds is 1. The number of nitrogens with zero attached hydrogens (tertiary/aromatic N) is 1. The highest BCUT2D eigenvalue weighted by Gasteiger charge is 2.24. The summed E-state index contributed by atoms with van der Waals surface area (Å²) < 4.78 is 0. The molecule has 0 aromatic rings. The molecule has 0 bridgehead atoms. The molecule has 2 fully saturated rings. The Morgan fingerprint density at radius 3 is 2.00 bits per heavy atom. The maximum atomic E-state index is 9.39. The van der Waals surface area contributed by atoms with Gasteiger partial charge in [-0.15, -0.1) is 24.8 Å². The lowest BCUT2D eigenvalue weighted by atomic mass is 10.00. The van der Waals surface area contributed by atoms with Crippen molar-refractivity contribution in [1.29, 1.82) is 0 Å². The molecular formula is C10H22Cl2N2O. The lowest BCUT2D eigenvalue weighted by Crippen LogP contribution is -2.47. The van der Waals surface area contributed by atoms with Gasteiger partial charge in [-0.3, -0.25) is 0 Å². The molecule has 0 atom stereocenters. The van der Waals surface area contributed by atoms with E-state index in [0.717, 1.165) is 32.0 Å². The Morgan fingerprint density at radius 2 is 1.47 bits per heavy atom. The van der Waals surface area contributed by atoms with E-state index in [1.54, 1.807) is 0 Å². The zero-order chi connectivity index (χ0) is 9.10. The Bertz CT molecular complexity index is 158. The van der Waals surface area contributed by atoms with Crippen molar-refractivity contribution in [1.82, 2.24) is 10.2 Å². The highest BCUT2D eigenvalue weighted by molar-refractivity contribution is 5.85. The van der Waals surface area contributed by atoms with E-state index in [1.165, 1.54) is 25.9 Å². The Labute approximate surface area is 104 Å². The zero-order valence-electron chi connectivity index (χ0n) is 9.02. The summed E-state index contributed by atoms with van der Waals surface area (Å²) in [5.41, 5.74) is 0. The van der Waals surface area contributed by atoms with Crippen LogP contribution in [-0.2, 0) is 0 Å². The first kappa shape index (κ1) is 15.5. The molecule has 2 N–H and O–H groups in total. The molecule has 0 saturated carbocycles. The van der Waals surface area contributed by atoms with Gasteiger partial charge in [-0.25, -0.2) is 0 Å². The van der Waals surface area contributed by atoms with E-state index in [1.807, 2.05) is 0 Å². The lowest BCUT2D eigenvalue weighted by molar-refractivity contribution is 0.0525. The van der Waals surface area contributed by atoms with E-state index < -0.39 is 0 Å². The molecule has 15 heavy (non-hydrogen) atoms. The van der Waals surface area contributed by atoms with Crippen LogP contribution in [-0.4, -0.2) is 48.3 Å². The van der Waals surface area contributed by atoms with Crippen LogP contribution in [0.3, 0.4) is 0 Å². The summed E-state index contributed by atoms with van der Waals surface area (Å²) in [7, 11) is 0. The van der Waals surface area contributed by atoms with Crippen molar-refractivity contribution in [3.05, 3.63) is 0 Å². The molecule has 0 aromatic heterocycles. The van der Waals surface area contributed by atoms with Gasteiger partial charge < -0.3 is 15.3 Å². The molecule has 2 aliphatic rings. The minimum atomic E-state index is -0.0297. The largest absolute Gasteiger partial charge is 0.393 e. The lowest BCUT2D eigenvalue weighted by Gasteiger charge is -2.38. The van der Waals surface area contributed by atoms with Crippen LogP contribution in [0.2, 0.25) is 0 Å². The van der Waals surface area contributed by atoms with Crippen molar-refractivity contribution in [3.8, 4) is 0 Å². The Hall–Kier alpha value is 0.460. The molecular weight excluding hydrogens is 235 g/mol. The quantitative estimate of drug-likeness (QED) is 0.736. The van der Waals surface area contributed by atoms with Gasteiger partial charge in [0.25, 0.3) is 0 Å². The van der Waals surface area contributed by atoms with E-state index in [9.17, 15) is 5.11 Å². The minimum absolute atomic E-state index is 0. The third-order valence-electron chi connectivity index (χ3n) is 3.32. The summed E-state index contributed by atoms with van der Waals surface area (Å²) in [4.78, 5) is 2.56. The molecule has 3 nitrogen and oxygen atoms in total. The van der Waals surface area contributed by atoms with Gasteiger partial charge in [-0.05, 0) is 38.8 Å². The number of aliphatic hydroxyl groups excluding tert-OH is 1. The molecule has 0 aromatic carbocycles. The predicted octanol–water partition coefficient (Wildman–Crippen LogP) is 1.04. The fraction of sp³-hybridized carbons (Fsp3) is 1.00. The van der Waals surface area contributed by atoms with Crippen molar-refractivity contribution in [2.45, 2.75) is 37.8 Å². The topological polar surface area (TPSA) is 35.5 Å². The Balaban J connectivity index is 0.000000980. The van der Waals surface area contributed by atoms with Crippen LogP contribution in [0.15, 0.2) is 0 Å². The van der Waals surface area contributed by atoms with E-state index in [0.29, 0.717) is 0 Å². The fourth-order valence-corrected chi connectivity index (χ4v) is 2.42. The van der Waals surface area contributed by atoms with Crippen LogP contribution in [0.1, 0.15) is 25.7 Å². The SMILES string of the molecule is Cl.Cl.OC1CCN(C2CCNCC2)CC1. The van der Waals surface area contributed by atoms with Crippen molar-refractivity contribution in [3.63, 3.8) is 0 Å². The predicted molar refractivity (Wildman–Crippen MR) is 67.2 cm³/mol. The van der Waals surface area contributed by atoms with E-state index in [-0.39, 0.29) is 30.9 Å². The van der Waals surface area contributed by atoms with Crippen molar-refractivity contribution < 1.29 is 5.11 Å². The zero-order valence-corrected chi connectivity index (χ0v) is 10.7. The molecule has 0 unspecified atom stereocenters. The third kappa shape index (κ3) is 4.45. The van der Waals surface area contributed by atoms with Gasteiger partial charge in [-0.2, -0.15) is 0 Å². The van der Waals surface area contributed by atoms with Crippen LogP contribution >= 0.6 is 24.8 Å². The highest BCUT2D eigenvalue weighted by atomic mass is 35.5. The molecule has 92 valence electrons. The standard InChI is InChI=1S/C10H20N2O.2ClH/c13-10-3-7-12(8-4-10)9-1-5-11-6-2-9;;/h9-11,13H,1-8H2;2*1H. The van der Waals surface area contributed by atoms with Gasteiger partial charge in [-0.1, -0.05) is 0 Å². The second-order valence-corrected chi connectivity index (χ2v) is 4.25. The number of hydrogen-bond acceptors (Lipinski definition) is 3. The van der Waals surface area contributed by atoms with E-state index >= 15 is 0 Å². The monoisotopic (exact) mass is 256 g/mol.